The van der Waals surface area contributed by atoms with Gasteiger partial charge in [0.15, 0.2) is 0 Å². The molecule has 13 heavy (non-hydrogen) atoms. The molecule has 3 nitrogen and oxygen atoms in total. The van der Waals surface area contributed by atoms with Gasteiger partial charge in [0, 0.05) is 13.1 Å². The number of hydrogen-bond donors (Lipinski definition) is 1. The maximum Gasteiger partial charge on any atom is 0.0645 e. The number of nitrogens with zero attached hydrogens (tertiary/aromatic N) is 1. The van der Waals surface area contributed by atoms with E-state index in [9.17, 15) is 0 Å². The summed E-state index contributed by atoms with van der Waals surface area (Å²) in [6, 6.07) is 0.675. The van der Waals surface area contributed by atoms with Crippen molar-refractivity contribution in [3.63, 3.8) is 0 Å². The lowest BCUT2D eigenvalue weighted by Gasteiger charge is -2.34. The first-order chi connectivity index (χ1) is 6.34. The molecule has 0 aromatic carbocycles. The van der Waals surface area contributed by atoms with Gasteiger partial charge in [-0.3, -0.25) is 4.90 Å². The minimum absolute atomic E-state index is 0.675. The van der Waals surface area contributed by atoms with Crippen LogP contribution >= 0.6 is 0 Å². The predicted molar refractivity (Wildman–Crippen MR) is 57.1 cm³/mol. The van der Waals surface area contributed by atoms with Crippen LogP contribution in [0.2, 0.25) is 0 Å². The van der Waals surface area contributed by atoms with Crippen molar-refractivity contribution >= 4 is 0 Å². The molecule has 0 aromatic heterocycles. The highest BCUT2D eigenvalue weighted by Crippen LogP contribution is 2.06. The standard InChI is InChI=1S/C8H18N2O.C2H6/c1-3-9-4-5-10(2)8-6-11-7-8;1-2/h8-9H,3-7H2,1-2H3;1-2H3. The number of hydrogen-bond acceptors (Lipinski definition) is 3. The van der Waals surface area contributed by atoms with E-state index in [1.165, 1.54) is 0 Å². The monoisotopic (exact) mass is 188 g/mol. The van der Waals surface area contributed by atoms with Crippen molar-refractivity contribution in [1.29, 1.82) is 0 Å². The second kappa shape index (κ2) is 8.48. The van der Waals surface area contributed by atoms with Crippen molar-refractivity contribution in [2.45, 2.75) is 26.8 Å². The summed E-state index contributed by atoms with van der Waals surface area (Å²) in [5, 5.41) is 3.30. The molecule has 1 aliphatic rings. The van der Waals surface area contributed by atoms with Gasteiger partial charge in [0.05, 0.1) is 19.3 Å². The molecule has 0 aliphatic carbocycles. The van der Waals surface area contributed by atoms with Crippen molar-refractivity contribution < 1.29 is 4.74 Å². The molecule has 0 saturated carbocycles. The van der Waals surface area contributed by atoms with E-state index in [0.717, 1.165) is 32.8 Å². The van der Waals surface area contributed by atoms with Crippen LogP contribution in [0.1, 0.15) is 20.8 Å². The lowest BCUT2D eigenvalue weighted by atomic mass is 10.2. The fourth-order valence-corrected chi connectivity index (χ4v) is 1.09. The highest BCUT2D eigenvalue weighted by atomic mass is 16.5. The van der Waals surface area contributed by atoms with Gasteiger partial charge in [0.25, 0.3) is 0 Å². The van der Waals surface area contributed by atoms with Crippen LogP contribution in [0, 0.1) is 0 Å². The van der Waals surface area contributed by atoms with Gasteiger partial charge >= 0.3 is 0 Å². The average molecular weight is 188 g/mol. The fourth-order valence-electron chi connectivity index (χ4n) is 1.09. The van der Waals surface area contributed by atoms with E-state index in [2.05, 4.69) is 24.2 Å². The summed E-state index contributed by atoms with van der Waals surface area (Å²) in [5.74, 6) is 0. The summed E-state index contributed by atoms with van der Waals surface area (Å²) < 4.78 is 5.10. The zero-order chi connectivity index (χ0) is 10.1. The zero-order valence-corrected chi connectivity index (χ0v) is 9.47. The summed E-state index contributed by atoms with van der Waals surface area (Å²) in [6.45, 7) is 11.2. The molecular weight excluding hydrogens is 164 g/mol. The second-order valence-electron chi connectivity index (χ2n) is 3.03. The largest absolute Gasteiger partial charge is 0.378 e. The van der Waals surface area contributed by atoms with E-state index in [4.69, 9.17) is 4.74 Å². The van der Waals surface area contributed by atoms with Gasteiger partial charge in [-0.25, -0.2) is 0 Å². The molecule has 0 amide bonds. The van der Waals surface area contributed by atoms with Gasteiger partial charge in [0.1, 0.15) is 0 Å². The van der Waals surface area contributed by atoms with Gasteiger partial charge in [0.2, 0.25) is 0 Å². The molecule has 0 bridgehead atoms. The van der Waals surface area contributed by atoms with E-state index in [1.807, 2.05) is 13.8 Å². The third kappa shape index (κ3) is 5.24. The molecule has 1 N–H and O–H groups in total. The Morgan fingerprint density at radius 3 is 2.38 bits per heavy atom. The Balaban J connectivity index is 0.000000671. The van der Waals surface area contributed by atoms with Crippen molar-refractivity contribution in [2.24, 2.45) is 0 Å². The second-order valence-corrected chi connectivity index (χ2v) is 3.03. The van der Waals surface area contributed by atoms with Crippen LogP contribution in [0.3, 0.4) is 0 Å². The molecule has 0 atom stereocenters. The van der Waals surface area contributed by atoms with Crippen LogP contribution in [0.4, 0.5) is 0 Å². The molecule has 1 rings (SSSR count). The molecule has 1 fully saturated rings. The summed E-state index contributed by atoms with van der Waals surface area (Å²) >= 11 is 0. The Morgan fingerprint density at radius 1 is 1.38 bits per heavy atom. The lowest BCUT2D eigenvalue weighted by Crippen LogP contribution is -2.48. The van der Waals surface area contributed by atoms with Crippen LogP contribution in [0.5, 0.6) is 0 Å². The summed E-state index contributed by atoms with van der Waals surface area (Å²) in [7, 11) is 2.16. The first kappa shape index (κ1) is 12.9. The van der Waals surface area contributed by atoms with E-state index >= 15 is 0 Å². The van der Waals surface area contributed by atoms with E-state index in [1.54, 1.807) is 0 Å². The number of likely N-dealkylation sites (N-methyl/N-ethyl adjacent to an activating group) is 2. The third-order valence-electron chi connectivity index (χ3n) is 2.14. The summed E-state index contributed by atoms with van der Waals surface area (Å²) in [4.78, 5) is 2.35. The zero-order valence-electron chi connectivity index (χ0n) is 9.47. The van der Waals surface area contributed by atoms with Crippen LogP contribution in [0.15, 0.2) is 0 Å². The van der Waals surface area contributed by atoms with Crippen LogP contribution in [0.25, 0.3) is 0 Å². The molecule has 80 valence electrons. The Bertz CT molecular complexity index is 105. The highest BCUT2D eigenvalue weighted by Gasteiger charge is 2.21. The quantitative estimate of drug-likeness (QED) is 0.650. The van der Waals surface area contributed by atoms with Crippen LogP contribution in [-0.4, -0.2) is 50.8 Å². The molecule has 1 saturated heterocycles. The van der Waals surface area contributed by atoms with Crippen molar-refractivity contribution in [1.82, 2.24) is 10.2 Å². The molecule has 1 heterocycles. The van der Waals surface area contributed by atoms with Gasteiger partial charge in [-0.05, 0) is 13.6 Å². The van der Waals surface area contributed by atoms with E-state index in [-0.39, 0.29) is 0 Å². The molecule has 0 radical (unpaired) electrons. The lowest BCUT2D eigenvalue weighted by molar-refractivity contribution is -0.0553. The van der Waals surface area contributed by atoms with Crippen molar-refractivity contribution in [3.8, 4) is 0 Å². The molecule has 0 spiro atoms. The maximum absolute atomic E-state index is 5.10. The SMILES string of the molecule is CC.CCNCCN(C)C1COC1. The highest BCUT2D eigenvalue weighted by molar-refractivity contribution is 4.74. The maximum atomic E-state index is 5.10. The average Bonchev–Trinajstić information content (AvgIpc) is 2.05. The first-order valence-electron chi connectivity index (χ1n) is 5.33. The summed E-state index contributed by atoms with van der Waals surface area (Å²) in [5.41, 5.74) is 0. The Hall–Kier alpha value is -0.120. The topological polar surface area (TPSA) is 24.5 Å². The van der Waals surface area contributed by atoms with Crippen molar-refractivity contribution in [2.75, 3.05) is 39.9 Å². The van der Waals surface area contributed by atoms with Gasteiger partial charge in [-0.15, -0.1) is 0 Å². The third-order valence-corrected chi connectivity index (χ3v) is 2.14. The Morgan fingerprint density at radius 2 is 2.00 bits per heavy atom. The molecule has 0 aromatic rings. The molecule has 3 heteroatoms. The van der Waals surface area contributed by atoms with Crippen LogP contribution < -0.4 is 5.32 Å². The fraction of sp³-hybridized carbons (Fsp3) is 1.00. The van der Waals surface area contributed by atoms with Gasteiger partial charge in [-0.1, -0.05) is 20.8 Å². The molecule has 1 aliphatic heterocycles. The normalized spacial score (nSPS) is 16.4. The van der Waals surface area contributed by atoms with Crippen LogP contribution in [-0.2, 0) is 4.74 Å². The number of rotatable bonds is 5. The van der Waals surface area contributed by atoms with E-state index < -0.39 is 0 Å². The minimum Gasteiger partial charge on any atom is -0.378 e. The predicted octanol–water partition coefficient (Wildman–Crippen LogP) is 0.953. The molecular formula is C10H24N2O. The van der Waals surface area contributed by atoms with Gasteiger partial charge < -0.3 is 10.1 Å². The van der Waals surface area contributed by atoms with Crippen molar-refractivity contribution in [3.05, 3.63) is 0 Å². The Kier molecular flexibility index (Phi) is 8.40. The number of nitrogens with one attached hydrogen (secondary N) is 1. The smallest absolute Gasteiger partial charge is 0.0645 e. The first-order valence-corrected chi connectivity index (χ1v) is 5.33. The number of ether oxygens (including phenoxy) is 1. The summed E-state index contributed by atoms with van der Waals surface area (Å²) in [6.07, 6.45) is 0. The Labute approximate surface area is 82.4 Å². The van der Waals surface area contributed by atoms with Gasteiger partial charge in [-0.2, -0.15) is 0 Å². The minimum atomic E-state index is 0.675. The van der Waals surface area contributed by atoms with E-state index in [0.29, 0.717) is 6.04 Å². The molecule has 0 unspecified atom stereocenters.